The van der Waals surface area contributed by atoms with Crippen molar-refractivity contribution in [3.63, 3.8) is 0 Å². The number of hydrogen-bond donors (Lipinski definition) is 5. The van der Waals surface area contributed by atoms with E-state index in [0.29, 0.717) is 24.9 Å². The molecule has 158 valence electrons. The molecule has 4 atom stereocenters. The number of nitrogen functional groups attached to an aromatic ring is 1. The Morgan fingerprint density at radius 3 is 2.79 bits per heavy atom. The molecule has 1 aromatic heterocycles. The van der Waals surface area contributed by atoms with Crippen molar-refractivity contribution in [2.45, 2.75) is 69.4 Å². The molecule has 0 aliphatic carbocycles. The van der Waals surface area contributed by atoms with Gasteiger partial charge in [-0.3, -0.25) is 9.36 Å². The first-order chi connectivity index (χ1) is 13.2. The van der Waals surface area contributed by atoms with E-state index in [-0.39, 0.29) is 24.4 Å². The predicted molar refractivity (Wildman–Crippen MR) is 103 cm³/mol. The normalized spacial score (nSPS) is 25.8. The maximum atomic E-state index is 12.5. The Morgan fingerprint density at radius 1 is 1.46 bits per heavy atom. The summed E-state index contributed by atoms with van der Waals surface area (Å²) in [6.45, 7) is 1.83. The van der Waals surface area contributed by atoms with Gasteiger partial charge in [-0.2, -0.15) is 4.98 Å². The highest BCUT2D eigenvalue weighted by atomic mass is 16.6. The van der Waals surface area contributed by atoms with E-state index in [1.807, 2.05) is 0 Å². The summed E-state index contributed by atoms with van der Waals surface area (Å²) in [5.41, 5.74) is 15.8. The molecule has 0 aromatic carbocycles. The van der Waals surface area contributed by atoms with Gasteiger partial charge in [0.1, 0.15) is 17.7 Å². The number of carbonyl (C=O) groups is 1. The summed E-state index contributed by atoms with van der Waals surface area (Å²) in [4.78, 5) is 28.7. The minimum Gasteiger partial charge on any atom is -0.394 e. The van der Waals surface area contributed by atoms with Crippen molar-refractivity contribution in [3.8, 4) is 0 Å². The summed E-state index contributed by atoms with van der Waals surface area (Å²) >= 11 is 0. The lowest BCUT2D eigenvalue weighted by atomic mass is 9.94. The van der Waals surface area contributed by atoms with Crippen LogP contribution in [0.25, 0.3) is 0 Å². The standard InChI is InChI=1S/C18H31N5O5/c1-11-9-23(17(27)22-16(11)21)18(8-14(26)15(10-24)28-18)7-12(20)13(25)5-3-2-4-6-19/h9,12,14-15,24,26H,2-8,10,19-20H2,1H3,(H2,21,22,27)/t12?,14-,15+,18+/m0/s1. The molecule has 10 heteroatoms. The summed E-state index contributed by atoms with van der Waals surface area (Å²) in [6.07, 6.45) is 2.21. The number of unbranched alkanes of at least 4 members (excludes halogenated alkanes) is 2. The smallest absolute Gasteiger partial charge is 0.351 e. The monoisotopic (exact) mass is 397 g/mol. The number of Topliss-reactive ketones (excluding diaryl/α,β-unsaturated/α-hetero) is 1. The Balaban J connectivity index is 2.27. The number of aromatic nitrogens is 2. The van der Waals surface area contributed by atoms with Gasteiger partial charge in [0.25, 0.3) is 0 Å². The summed E-state index contributed by atoms with van der Waals surface area (Å²) < 4.78 is 7.09. The molecule has 0 spiro atoms. The molecule has 2 rings (SSSR count). The van der Waals surface area contributed by atoms with Crippen LogP contribution in [-0.4, -0.2) is 56.9 Å². The second-order valence-corrected chi connectivity index (χ2v) is 7.39. The van der Waals surface area contributed by atoms with Gasteiger partial charge in [0.15, 0.2) is 5.72 Å². The number of aryl methyl sites for hydroxylation is 1. The quantitative estimate of drug-likeness (QED) is 0.301. The largest absolute Gasteiger partial charge is 0.394 e. The highest BCUT2D eigenvalue weighted by Gasteiger charge is 2.49. The molecule has 0 radical (unpaired) electrons. The third-order valence-electron chi connectivity index (χ3n) is 5.18. The summed E-state index contributed by atoms with van der Waals surface area (Å²) in [6, 6.07) is -0.896. The van der Waals surface area contributed by atoms with Crippen molar-refractivity contribution in [2.24, 2.45) is 11.5 Å². The van der Waals surface area contributed by atoms with E-state index in [0.717, 1.165) is 12.8 Å². The van der Waals surface area contributed by atoms with Crippen LogP contribution in [0.2, 0.25) is 0 Å². The Labute approximate surface area is 163 Å². The van der Waals surface area contributed by atoms with Gasteiger partial charge in [0, 0.05) is 31.0 Å². The minimum absolute atomic E-state index is 0.00265. The second-order valence-electron chi connectivity index (χ2n) is 7.39. The van der Waals surface area contributed by atoms with Crippen LogP contribution in [0, 0.1) is 6.92 Å². The summed E-state index contributed by atoms with van der Waals surface area (Å²) in [5.74, 6) is -0.0657. The van der Waals surface area contributed by atoms with Crippen molar-refractivity contribution in [1.29, 1.82) is 0 Å². The number of rotatable bonds is 10. The van der Waals surface area contributed by atoms with Gasteiger partial charge < -0.3 is 32.2 Å². The molecule has 10 nitrogen and oxygen atoms in total. The van der Waals surface area contributed by atoms with Gasteiger partial charge in [-0.25, -0.2) is 4.79 Å². The summed E-state index contributed by atoms with van der Waals surface area (Å²) in [5, 5.41) is 19.7. The van der Waals surface area contributed by atoms with E-state index in [2.05, 4.69) is 4.98 Å². The highest BCUT2D eigenvalue weighted by molar-refractivity contribution is 5.83. The average Bonchev–Trinajstić information content (AvgIpc) is 2.97. The van der Waals surface area contributed by atoms with Gasteiger partial charge in [-0.15, -0.1) is 0 Å². The first kappa shape index (κ1) is 22.4. The van der Waals surface area contributed by atoms with E-state index in [9.17, 15) is 19.8 Å². The van der Waals surface area contributed by atoms with Crippen LogP contribution in [-0.2, 0) is 15.3 Å². The number of carbonyl (C=O) groups excluding carboxylic acids is 1. The van der Waals surface area contributed by atoms with E-state index in [4.69, 9.17) is 21.9 Å². The maximum absolute atomic E-state index is 12.5. The molecule has 1 unspecified atom stereocenters. The van der Waals surface area contributed by atoms with Crippen LogP contribution in [0.4, 0.5) is 5.82 Å². The van der Waals surface area contributed by atoms with E-state index in [1.165, 1.54) is 10.8 Å². The zero-order chi connectivity index (χ0) is 20.9. The molecular formula is C18H31N5O5. The fourth-order valence-electron chi connectivity index (χ4n) is 3.53. The first-order valence-corrected chi connectivity index (χ1v) is 9.55. The minimum atomic E-state index is -1.39. The topological polar surface area (TPSA) is 180 Å². The Bertz CT molecular complexity index is 740. The lowest BCUT2D eigenvalue weighted by Crippen LogP contribution is -2.48. The molecule has 28 heavy (non-hydrogen) atoms. The predicted octanol–water partition coefficient (Wildman–Crippen LogP) is -1.27. The Morgan fingerprint density at radius 2 is 2.18 bits per heavy atom. The molecule has 8 N–H and O–H groups in total. The number of aliphatic hydroxyl groups is 2. The van der Waals surface area contributed by atoms with E-state index < -0.39 is 36.3 Å². The number of nitrogens with two attached hydrogens (primary N) is 3. The van der Waals surface area contributed by atoms with Crippen molar-refractivity contribution in [2.75, 3.05) is 18.9 Å². The fourth-order valence-corrected chi connectivity index (χ4v) is 3.53. The van der Waals surface area contributed by atoms with Crippen LogP contribution in [0.1, 0.15) is 44.1 Å². The molecule has 0 bridgehead atoms. The molecule has 1 aliphatic rings. The molecule has 1 aromatic rings. The number of ketones is 1. The van der Waals surface area contributed by atoms with Crippen LogP contribution < -0.4 is 22.9 Å². The molecule has 2 heterocycles. The third kappa shape index (κ3) is 4.95. The van der Waals surface area contributed by atoms with Gasteiger partial charge in [0.2, 0.25) is 0 Å². The molecule has 0 amide bonds. The van der Waals surface area contributed by atoms with Gasteiger partial charge in [-0.05, 0) is 26.3 Å². The fraction of sp³-hybridized carbons (Fsp3) is 0.722. The molecule has 1 saturated heterocycles. The second kappa shape index (κ2) is 9.57. The Hall–Kier alpha value is -1.85. The average molecular weight is 397 g/mol. The van der Waals surface area contributed by atoms with Crippen molar-refractivity contribution in [1.82, 2.24) is 9.55 Å². The number of anilines is 1. The number of hydrogen-bond acceptors (Lipinski definition) is 9. The Kier molecular flexibility index (Phi) is 7.67. The van der Waals surface area contributed by atoms with Crippen molar-refractivity contribution < 1.29 is 19.7 Å². The number of aliphatic hydroxyl groups excluding tert-OH is 2. The van der Waals surface area contributed by atoms with E-state index in [1.54, 1.807) is 6.92 Å². The van der Waals surface area contributed by atoms with Gasteiger partial charge in [0.05, 0.1) is 18.8 Å². The zero-order valence-corrected chi connectivity index (χ0v) is 16.2. The van der Waals surface area contributed by atoms with Crippen LogP contribution in [0.5, 0.6) is 0 Å². The van der Waals surface area contributed by atoms with Crippen LogP contribution in [0.3, 0.4) is 0 Å². The number of ether oxygens (including phenoxy) is 1. The lowest BCUT2D eigenvalue weighted by molar-refractivity contribution is -0.136. The maximum Gasteiger partial charge on any atom is 0.351 e. The number of nitrogens with zero attached hydrogens (tertiary/aromatic N) is 2. The summed E-state index contributed by atoms with van der Waals surface area (Å²) in [7, 11) is 0. The lowest BCUT2D eigenvalue weighted by Gasteiger charge is -2.33. The van der Waals surface area contributed by atoms with Crippen molar-refractivity contribution in [3.05, 3.63) is 22.2 Å². The SMILES string of the molecule is Cc1cn([C@@]2(CC(N)C(=O)CCCCCN)C[C@H](O)[C@@H](CO)O2)c(=O)nc1N. The van der Waals surface area contributed by atoms with Gasteiger partial charge >= 0.3 is 5.69 Å². The van der Waals surface area contributed by atoms with Crippen molar-refractivity contribution >= 4 is 11.6 Å². The molecule has 0 saturated carbocycles. The zero-order valence-electron chi connectivity index (χ0n) is 16.2. The van der Waals surface area contributed by atoms with Crippen LogP contribution >= 0.6 is 0 Å². The highest BCUT2D eigenvalue weighted by Crippen LogP contribution is 2.38. The van der Waals surface area contributed by atoms with Crippen LogP contribution in [0.15, 0.2) is 11.0 Å². The molecule has 1 fully saturated rings. The third-order valence-corrected chi connectivity index (χ3v) is 5.18. The molecule has 1 aliphatic heterocycles. The van der Waals surface area contributed by atoms with E-state index >= 15 is 0 Å². The molecular weight excluding hydrogens is 366 g/mol. The van der Waals surface area contributed by atoms with Gasteiger partial charge in [-0.1, -0.05) is 6.42 Å². The first-order valence-electron chi connectivity index (χ1n) is 9.55.